The summed E-state index contributed by atoms with van der Waals surface area (Å²) in [5.41, 5.74) is 1.43. The largest absolute Gasteiger partial charge is 0.457 e. The van der Waals surface area contributed by atoms with Gasteiger partial charge in [-0.3, -0.25) is 10.1 Å². The second-order valence-electron chi connectivity index (χ2n) is 5.30. The van der Waals surface area contributed by atoms with Crippen LogP contribution in [0.5, 0.6) is 0 Å². The normalized spacial score (nSPS) is 11.2. The summed E-state index contributed by atoms with van der Waals surface area (Å²) in [6.07, 6.45) is 1.59. The lowest BCUT2D eigenvalue weighted by Crippen LogP contribution is -1.89. The second-order valence-corrected chi connectivity index (χ2v) is 6.15. The molecule has 0 aliphatic heterocycles. The average Bonchev–Trinajstić information content (AvgIpc) is 3.09. The fourth-order valence-electron chi connectivity index (χ4n) is 2.34. The van der Waals surface area contributed by atoms with Crippen molar-refractivity contribution in [2.75, 3.05) is 0 Å². The van der Waals surface area contributed by atoms with E-state index in [0.717, 1.165) is 0 Å². The molecular weight excluding hydrogens is 375 g/mol. The zero-order valence-corrected chi connectivity index (χ0v) is 14.7. The monoisotopic (exact) mass is 384 g/mol. The van der Waals surface area contributed by atoms with Crippen LogP contribution >= 0.6 is 23.2 Å². The van der Waals surface area contributed by atoms with E-state index in [2.05, 4.69) is 6.07 Å². The number of nitro benzene ring substituents is 1. The maximum atomic E-state index is 11.0. The van der Waals surface area contributed by atoms with Crippen molar-refractivity contribution < 1.29 is 9.34 Å². The molecule has 0 saturated heterocycles. The highest BCUT2D eigenvalue weighted by Crippen LogP contribution is 2.32. The van der Waals surface area contributed by atoms with Crippen LogP contribution in [0.2, 0.25) is 10.0 Å². The predicted molar refractivity (Wildman–Crippen MR) is 101 cm³/mol. The number of hydrogen-bond donors (Lipinski definition) is 0. The van der Waals surface area contributed by atoms with Crippen LogP contribution in [0.25, 0.3) is 23.0 Å². The molecule has 0 fully saturated rings. The first kappa shape index (κ1) is 17.7. The summed E-state index contributed by atoms with van der Waals surface area (Å²) in [4.78, 5) is 10.5. The van der Waals surface area contributed by atoms with E-state index in [1.165, 1.54) is 12.1 Å². The van der Waals surface area contributed by atoms with Gasteiger partial charge < -0.3 is 4.42 Å². The molecule has 3 rings (SSSR count). The Bertz CT molecular complexity index is 1050. The molecule has 3 aromatic rings. The van der Waals surface area contributed by atoms with E-state index in [1.54, 1.807) is 48.5 Å². The third-order valence-electron chi connectivity index (χ3n) is 3.62. The molecule has 0 bridgehead atoms. The van der Waals surface area contributed by atoms with Crippen molar-refractivity contribution >= 4 is 40.5 Å². The molecule has 0 atom stereocenters. The Hall–Kier alpha value is -3.07. The van der Waals surface area contributed by atoms with Gasteiger partial charge >= 0.3 is 0 Å². The van der Waals surface area contributed by atoms with Crippen molar-refractivity contribution in [3.8, 4) is 17.4 Å². The van der Waals surface area contributed by atoms with Crippen LogP contribution in [0.4, 0.5) is 5.69 Å². The van der Waals surface area contributed by atoms with E-state index in [-0.39, 0.29) is 10.7 Å². The van der Waals surface area contributed by atoms with Crippen LogP contribution < -0.4 is 0 Å². The Kier molecular flexibility index (Phi) is 5.08. The second kappa shape index (κ2) is 7.44. The van der Waals surface area contributed by atoms with Gasteiger partial charge in [0.05, 0.1) is 16.6 Å². The van der Waals surface area contributed by atoms with E-state index >= 15 is 0 Å². The molecule has 0 unspecified atom stereocenters. The fourth-order valence-corrected chi connectivity index (χ4v) is 2.66. The molecule has 1 aromatic heterocycles. The Morgan fingerprint density at radius 1 is 1.12 bits per heavy atom. The number of nitrogens with zero attached hydrogens (tertiary/aromatic N) is 2. The molecule has 0 N–H and O–H groups in total. The minimum absolute atomic E-state index is 0.0555. The Morgan fingerprint density at radius 2 is 1.85 bits per heavy atom. The quantitative estimate of drug-likeness (QED) is 0.303. The highest BCUT2D eigenvalue weighted by Gasteiger charge is 2.15. The number of allylic oxidation sites excluding steroid dienone is 1. The lowest BCUT2D eigenvalue weighted by molar-refractivity contribution is -0.384. The highest BCUT2D eigenvalue weighted by molar-refractivity contribution is 6.32. The minimum Gasteiger partial charge on any atom is -0.457 e. The number of benzene rings is 2. The van der Waals surface area contributed by atoms with Crippen LogP contribution in [0, 0.1) is 21.4 Å². The molecule has 0 aliphatic rings. The smallest absolute Gasteiger partial charge is 0.288 e. The Labute approximate surface area is 158 Å². The van der Waals surface area contributed by atoms with Crippen molar-refractivity contribution in [3.63, 3.8) is 0 Å². The first-order valence-corrected chi connectivity index (χ1v) is 8.15. The molecule has 1 heterocycles. The Morgan fingerprint density at radius 3 is 2.50 bits per heavy atom. The van der Waals surface area contributed by atoms with Gasteiger partial charge in [-0.15, -0.1) is 0 Å². The molecule has 0 aliphatic carbocycles. The summed E-state index contributed by atoms with van der Waals surface area (Å²) in [6.45, 7) is 0. The van der Waals surface area contributed by atoms with E-state index in [1.807, 2.05) is 0 Å². The molecule has 7 heteroatoms. The highest BCUT2D eigenvalue weighted by atomic mass is 35.5. The van der Waals surface area contributed by atoms with E-state index in [9.17, 15) is 15.4 Å². The van der Waals surface area contributed by atoms with Crippen molar-refractivity contribution in [3.05, 3.63) is 86.1 Å². The molecule has 0 saturated carbocycles. The molecule has 5 nitrogen and oxygen atoms in total. The van der Waals surface area contributed by atoms with Crippen LogP contribution in [-0.4, -0.2) is 4.92 Å². The number of furan rings is 1. The summed E-state index contributed by atoms with van der Waals surface area (Å²) in [7, 11) is 0. The molecule has 0 spiro atoms. The van der Waals surface area contributed by atoms with Gasteiger partial charge in [-0.1, -0.05) is 35.3 Å². The van der Waals surface area contributed by atoms with Gasteiger partial charge in [0.1, 0.15) is 16.5 Å². The van der Waals surface area contributed by atoms with Crippen molar-refractivity contribution in [1.82, 2.24) is 0 Å². The van der Waals surface area contributed by atoms with Gasteiger partial charge in [0.15, 0.2) is 0 Å². The predicted octanol–water partition coefficient (Wildman–Crippen LogP) is 6.23. The summed E-state index contributed by atoms with van der Waals surface area (Å²) < 4.78 is 5.70. The third kappa shape index (κ3) is 3.77. The van der Waals surface area contributed by atoms with E-state index in [4.69, 9.17) is 27.6 Å². The molecule has 0 radical (unpaired) electrons. The average molecular weight is 385 g/mol. The summed E-state index contributed by atoms with van der Waals surface area (Å²) >= 11 is 11.7. The van der Waals surface area contributed by atoms with Crippen molar-refractivity contribution in [2.24, 2.45) is 0 Å². The zero-order chi connectivity index (χ0) is 18.7. The SMILES string of the molecule is N#CC(=Cc1ccc(-c2ccc(Cl)c([N+](=O)[O-])c2)o1)c1ccc(Cl)cc1. The van der Waals surface area contributed by atoms with Gasteiger partial charge in [0.25, 0.3) is 5.69 Å². The molecule has 128 valence electrons. The molecule has 2 aromatic carbocycles. The molecule has 0 amide bonds. The topological polar surface area (TPSA) is 80.1 Å². The van der Waals surface area contributed by atoms with E-state index < -0.39 is 4.92 Å². The number of rotatable bonds is 4. The number of halogens is 2. The minimum atomic E-state index is -0.552. The van der Waals surface area contributed by atoms with Gasteiger partial charge in [-0.05, 0) is 48.0 Å². The van der Waals surface area contributed by atoms with Crippen LogP contribution in [0.3, 0.4) is 0 Å². The summed E-state index contributed by atoms with van der Waals surface area (Å²) in [5.74, 6) is 0.883. The van der Waals surface area contributed by atoms with Crippen LogP contribution in [-0.2, 0) is 0 Å². The maximum Gasteiger partial charge on any atom is 0.288 e. The first-order valence-electron chi connectivity index (χ1n) is 7.40. The van der Waals surface area contributed by atoms with Crippen LogP contribution in [0.1, 0.15) is 11.3 Å². The standard InChI is InChI=1S/C19H10Cl2N2O3/c20-15-4-1-12(2-5-15)14(11-22)9-16-6-8-19(26-16)13-3-7-17(21)18(10-13)23(24)25/h1-10H. The van der Waals surface area contributed by atoms with Gasteiger partial charge in [0, 0.05) is 16.7 Å². The number of nitro groups is 1. The van der Waals surface area contributed by atoms with E-state index in [0.29, 0.717) is 33.2 Å². The lowest BCUT2D eigenvalue weighted by Gasteiger charge is -2.00. The molecular formula is C19H10Cl2N2O3. The lowest BCUT2D eigenvalue weighted by atomic mass is 10.1. The third-order valence-corrected chi connectivity index (χ3v) is 4.19. The van der Waals surface area contributed by atoms with Crippen molar-refractivity contribution in [2.45, 2.75) is 0 Å². The van der Waals surface area contributed by atoms with Crippen molar-refractivity contribution in [1.29, 1.82) is 5.26 Å². The summed E-state index contributed by atoms with van der Waals surface area (Å²) in [5, 5.41) is 21.0. The molecule has 26 heavy (non-hydrogen) atoms. The van der Waals surface area contributed by atoms with Gasteiger partial charge in [-0.2, -0.15) is 5.26 Å². The number of hydrogen-bond acceptors (Lipinski definition) is 4. The van der Waals surface area contributed by atoms with Crippen LogP contribution in [0.15, 0.2) is 59.0 Å². The number of nitriles is 1. The maximum absolute atomic E-state index is 11.0. The first-order chi connectivity index (χ1) is 12.5. The van der Waals surface area contributed by atoms with Gasteiger partial charge in [0.2, 0.25) is 0 Å². The summed E-state index contributed by atoms with van der Waals surface area (Å²) in [6, 6.07) is 16.8. The zero-order valence-electron chi connectivity index (χ0n) is 13.1. The van der Waals surface area contributed by atoms with Gasteiger partial charge in [-0.25, -0.2) is 0 Å². The fraction of sp³-hybridized carbons (Fsp3) is 0. The Balaban J connectivity index is 1.95.